The number of nitrogens with zero attached hydrogens (tertiary/aromatic N) is 1. The molecule has 126 valence electrons. The molecule has 0 amide bonds. The van der Waals surface area contributed by atoms with Crippen LogP contribution < -0.4 is 5.32 Å². The lowest BCUT2D eigenvalue weighted by Gasteiger charge is -2.47. The fourth-order valence-electron chi connectivity index (χ4n) is 3.21. The number of nitrogens with one attached hydrogen (secondary N) is 1. The summed E-state index contributed by atoms with van der Waals surface area (Å²) in [6, 6.07) is 0. The van der Waals surface area contributed by atoms with E-state index >= 15 is 0 Å². The number of rotatable bonds is 6. The molecule has 0 radical (unpaired) electrons. The van der Waals surface area contributed by atoms with Crippen molar-refractivity contribution in [3.8, 4) is 0 Å². The fraction of sp³-hybridized carbons (Fsp3) is 1.00. The van der Waals surface area contributed by atoms with E-state index in [1.807, 2.05) is 0 Å². The molecule has 0 aromatic heterocycles. The van der Waals surface area contributed by atoms with Crippen LogP contribution in [0.1, 0.15) is 80.6 Å². The van der Waals surface area contributed by atoms with Crippen molar-refractivity contribution >= 4 is 0 Å². The van der Waals surface area contributed by atoms with Crippen molar-refractivity contribution in [1.82, 2.24) is 10.2 Å². The minimum atomic E-state index is 0.217. The third kappa shape index (κ3) is 5.90. The van der Waals surface area contributed by atoms with E-state index in [1.165, 1.54) is 38.6 Å². The van der Waals surface area contributed by atoms with Gasteiger partial charge in [0.1, 0.15) is 0 Å². The summed E-state index contributed by atoms with van der Waals surface area (Å²) < 4.78 is 0. The predicted molar refractivity (Wildman–Crippen MR) is 94.8 cm³/mol. The molecule has 1 aliphatic rings. The molecule has 1 saturated carbocycles. The lowest BCUT2D eigenvalue weighted by Crippen LogP contribution is -2.53. The Hall–Kier alpha value is -0.0800. The Kier molecular flexibility index (Phi) is 6.32. The molecule has 1 fully saturated rings. The summed E-state index contributed by atoms with van der Waals surface area (Å²) in [4.78, 5) is 2.60. The zero-order chi connectivity index (χ0) is 16.3. The highest BCUT2D eigenvalue weighted by molar-refractivity contribution is 4.93. The zero-order valence-electron chi connectivity index (χ0n) is 16.0. The second-order valence-corrected chi connectivity index (χ2v) is 9.31. The monoisotopic (exact) mass is 296 g/mol. The third-order valence-electron chi connectivity index (χ3n) is 5.80. The first-order valence-corrected chi connectivity index (χ1v) is 8.96. The Morgan fingerprint density at radius 1 is 1.10 bits per heavy atom. The van der Waals surface area contributed by atoms with Crippen molar-refractivity contribution in [1.29, 1.82) is 0 Å². The summed E-state index contributed by atoms with van der Waals surface area (Å²) >= 11 is 0. The van der Waals surface area contributed by atoms with Crippen molar-refractivity contribution in [2.45, 2.75) is 91.6 Å². The van der Waals surface area contributed by atoms with E-state index in [2.05, 4.69) is 65.7 Å². The molecule has 0 aromatic rings. The first kappa shape index (κ1) is 19.0. The summed E-state index contributed by atoms with van der Waals surface area (Å²) in [5.74, 6) is 0.914. The largest absolute Gasteiger partial charge is 0.311 e. The Labute approximate surface area is 134 Å². The van der Waals surface area contributed by atoms with Gasteiger partial charge >= 0.3 is 0 Å². The van der Waals surface area contributed by atoms with Crippen LogP contribution in [-0.2, 0) is 0 Å². The van der Waals surface area contributed by atoms with E-state index in [9.17, 15) is 0 Å². The molecule has 0 spiro atoms. The van der Waals surface area contributed by atoms with Crippen LogP contribution >= 0.6 is 0 Å². The molecule has 0 saturated heterocycles. The first-order chi connectivity index (χ1) is 9.50. The topological polar surface area (TPSA) is 15.3 Å². The quantitative estimate of drug-likeness (QED) is 0.765. The number of hydrogen-bond acceptors (Lipinski definition) is 2. The molecule has 21 heavy (non-hydrogen) atoms. The van der Waals surface area contributed by atoms with Crippen LogP contribution in [0, 0.1) is 11.3 Å². The van der Waals surface area contributed by atoms with Gasteiger partial charge in [0.15, 0.2) is 0 Å². The van der Waals surface area contributed by atoms with E-state index in [4.69, 9.17) is 0 Å². The molecule has 1 rings (SSSR count). The maximum atomic E-state index is 3.80. The van der Waals surface area contributed by atoms with Crippen LogP contribution in [0.4, 0.5) is 0 Å². The summed E-state index contributed by atoms with van der Waals surface area (Å²) in [5.41, 5.74) is 0.980. The molecule has 0 aromatic carbocycles. The van der Waals surface area contributed by atoms with Crippen LogP contribution in [0.25, 0.3) is 0 Å². The molecule has 0 aliphatic heterocycles. The standard InChI is InChI=1S/C19H40N2/c1-9-18(6,7)21(8)15-19(14-20-17(3,4)5)12-10-16(2)11-13-19/h16,20H,9-15H2,1-8H3. The average Bonchev–Trinajstić information content (AvgIpc) is 2.39. The summed E-state index contributed by atoms with van der Waals surface area (Å²) in [6.45, 7) is 18.7. The van der Waals surface area contributed by atoms with Crippen molar-refractivity contribution in [2.24, 2.45) is 11.3 Å². The Balaban J connectivity index is 2.77. The van der Waals surface area contributed by atoms with Crippen molar-refractivity contribution < 1.29 is 0 Å². The summed E-state index contributed by atoms with van der Waals surface area (Å²) in [6.07, 6.45) is 6.75. The lowest BCUT2D eigenvalue weighted by molar-refractivity contribution is 0.0432. The highest BCUT2D eigenvalue weighted by Crippen LogP contribution is 2.40. The normalized spacial score (nSPS) is 28.1. The van der Waals surface area contributed by atoms with E-state index in [0.717, 1.165) is 12.5 Å². The van der Waals surface area contributed by atoms with E-state index < -0.39 is 0 Å². The average molecular weight is 297 g/mol. The zero-order valence-corrected chi connectivity index (χ0v) is 16.0. The SMILES string of the molecule is CCC(C)(C)N(C)CC1(CNC(C)(C)C)CCC(C)CC1. The highest BCUT2D eigenvalue weighted by Gasteiger charge is 2.38. The summed E-state index contributed by atoms with van der Waals surface area (Å²) in [5, 5.41) is 3.80. The molecule has 0 atom stereocenters. The van der Waals surface area contributed by atoms with Crippen LogP contribution in [0.3, 0.4) is 0 Å². The third-order valence-corrected chi connectivity index (χ3v) is 5.80. The van der Waals surface area contributed by atoms with Crippen LogP contribution in [0.15, 0.2) is 0 Å². The maximum Gasteiger partial charge on any atom is 0.0147 e. The van der Waals surface area contributed by atoms with Crippen molar-refractivity contribution in [3.05, 3.63) is 0 Å². The van der Waals surface area contributed by atoms with Gasteiger partial charge in [0.25, 0.3) is 0 Å². The van der Waals surface area contributed by atoms with E-state index in [0.29, 0.717) is 11.0 Å². The first-order valence-electron chi connectivity index (χ1n) is 8.96. The Morgan fingerprint density at radius 2 is 1.62 bits per heavy atom. The molecular weight excluding hydrogens is 256 g/mol. The molecule has 2 nitrogen and oxygen atoms in total. The fourth-order valence-corrected chi connectivity index (χ4v) is 3.21. The second kappa shape index (κ2) is 7.00. The smallest absolute Gasteiger partial charge is 0.0147 e. The van der Waals surface area contributed by atoms with Gasteiger partial charge < -0.3 is 10.2 Å². The van der Waals surface area contributed by atoms with Gasteiger partial charge in [0, 0.05) is 24.2 Å². The molecule has 1 aliphatic carbocycles. The maximum absolute atomic E-state index is 3.80. The van der Waals surface area contributed by atoms with Crippen molar-refractivity contribution in [3.63, 3.8) is 0 Å². The van der Waals surface area contributed by atoms with Gasteiger partial charge in [-0.1, -0.05) is 26.7 Å². The minimum Gasteiger partial charge on any atom is -0.311 e. The van der Waals surface area contributed by atoms with Gasteiger partial charge in [-0.2, -0.15) is 0 Å². The Morgan fingerprint density at radius 3 is 2.05 bits per heavy atom. The Bertz CT molecular complexity index is 306. The van der Waals surface area contributed by atoms with Gasteiger partial charge in [-0.25, -0.2) is 0 Å². The van der Waals surface area contributed by atoms with Crippen LogP contribution in [0.5, 0.6) is 0 Å². The molecule has 1 N–H and O–H groups in total. The van der Waals surface area contributed by atoms with Crippen LogP contribution in [0.2, 0.25) is 0 Å². The second-order valence-electron chi connectivity index (χ2n) is 9.31. The predicted octanol–water partition coefficient (Wildman–Crippen LogP) is 4.69. The van der Waals surface area contributed by atoms with E-state index in [-0.39, 0.29) is 5.54 Å². The number of hydrogen-bond donors (Lipinski definition) is 1. The molecule has 2 heteroatoms. The van der Waals surface area contributed by atoms with Gasteiger partial charge in [0.2, 0.25) is 0 Å². The van der Waals surface area contributed by atoms with Crippen molar-refractivity contribution in [2.75, 3.05) is 20.1 Å². The van der Waals surface area contributed by atoms with E-state index in [1.54, 1.807) is 0 Å². The lowest BCUT2D eigenvalue weighted by atomic mass is 9.69. The summed E-state index contributed by atoms with van der Waals surface area (Å²) in [7, 11) is 2.32. The molecule has 0 heterocycles. The molecule has 0 bridgehead atoms. The minimum absolute atomic E-state index is 0.217. The van der Waals surface area contributed by atoms with Crippen LogP contribution in [-0.4, -0.2) is 36.1 Å². The van der Waals surface area contributed by atoms with Gasteiger partial charge in [0.05, 0.1) is 0 Å². The molecular formula is C19H40N2. The van der Waals surface area contributed by atoms with Gasteiger partial charge in [-0.05, 0) is 72.3 Å². The molecule has 0 unspecified atom stereocenters. The van der Waals surface area contributed by atoms with Gasteiger partial charge in [-0.3, -0.25) is 0 Å². The highest BCUT2D eigenvalue weighted by atomic mass is 15.2. The van der Waals surface area contributed by atoms with Gasteiger partial charge in [-0.15, -0.1) is 0 Å².